The van der Waals surface area contributed by atoms with Crippen molar-refractivity contribution >= 4 is 17.6 Å². The molecule has 1 aromatic rings. The van der Waals surface area contributed by atoms with Gasteiger partial charge in [-0.3, -0.25) is 9.78 Å². The first-order chi connectivity index (χ1) is 15.0. The van der Waals surface area contributed by atoms with Crippen molar-refractivity contribution in [2.45, 2.75) is 25.7 Å². The number of amides is 1. The number of hydrogen-bond donors (Lipinski definition) is 1. The first-order valence-electron chi connectivity index (χ1n) is 11.4. The molecule has 1 atom stereocenters. The smallest absolute Gasteiger partial charge is 0.243 e. The largest absolute Gasteiger partial charge is 0.381 e. The Morgan fingerprint density at radius 1 is 1.19 bits per heavy atom. The number of ether oxygens (including phenoxy) is 1. The predicted octanol–water partition coefficient (Wildman–Crippen LogP) is 1.69. The fourth-order valence-electron chi connectivity index (χ4n) is 4.09. The molecule has 2 fully saturated rings. The number of likely N-dealkylation sites (N-methyl/N-ethyl adjacent to an activating group) is 1. The zero-order valence-electron chi connectivity index (χ0n) is 19.3. The van der Waals surface area contributed by atoms with Gasteiger partial charge in [0.2, 0.25) is 5.91 Å². The fraction of sp³-hybridized carbons (Fsp3) is 0.696. The lowest BCUT2D eigenvalue weighted by Crippen LogP contribution is -2.43. The van der Waals surface area contributed by atoms with Gasteiger partial charge in [0.25, 0.3) is 0 Å². The second-order valence-corrected chi connectivity index (χ2v) is 8.88. The molecule has 3 heterocycles. The summed E-state index contributed by atoms with van der Waals surface area (Å²) >= 11 is 0. The van der Waals surface area contributed by atoms with Crippen molar-refractivity contribution in [3.63, 3.8) is 0 Å². The Kier molecular flexibility index (Phi) is 8.94. The molecule has 8 heteroatoms. The number of aliphatic imine (C=N–C) groups is 1. The molecule has 0 saturated carbocycles. The van der Waals surface area contributed by atoms with E-state index in [2.05, 4.69) is 44.3 Å². The van der Waals surface area contributed by atoms with E-state index in [-0.39, 0.29) is 12.5 Å². The molecule has 8 nitrogen and oxygen atoms in total. The molecule has 1 N–H and O–H groups in total. The van der Waals surface area contributed by atoms with E-state index >= 15 is 0 Å². The second-order valence-electron chi connectivity index (χ2n) is 8.88. The van der Waals surface area contributed by atoms with E-state index in [1.54, 1.807) is 19.0 Å². The third-order valence-electron chi connectivity index (χ3n) is 6.31. The standard InChI is InChI=1S/C23H38N6O2/c1-27(2)22(30)17-26-23(25-16-20-9-15-31-18-20)28(3)12-6-19-7-13-29(14-8-19)21-4-10-24-11-5-21/h4-5,10-11,19-20H,6-9,12-18H2,1-3H3,(H,25,26). The molecule has 1 unspecified atom stereocenters. The van der Waals surface area contributed by atoms with Crippen LogP contribution in [0.15, 0.2) is 29.5 Å². The van der Waals surface area contributed by atoms with Crippen molar-refractivity contribution in [3.8, 4) is 0 Å². The number of nitrogens with zero attached hydrogens (tertiary/aromatic N) is 5. The zero-order valence-corrected chi connectivity index (χ0v) is 19.3. The molecule has 0 spiro atoms. The van der Waals surface area contributed by atoms with Crippen molar-refractivity contribution in [3.05, 3.63) is 24.5 Å². The van der Waals surface area contributed by atoms with Gasteiger partial charge in [0, 0.05) is 77.9 Å². The molecule has 1 amide bonds. The Labute approximate surface area is 186 Å². The van der Waals surface area contributed by atoms with Crippen molar-refractivity contribution in [2.24, 2.45) is 16.8 Å². The van der Waals surface area contributed by atoms with E-state index in [0.717, 1.165) is 58.2 Å². The topological polar surface area (TPSA) is 73.3 Å². The maximum absolute atomic E-state index is 12.0. The maximum atomic E-state index is 12.0. The maximum Gasteiger partial charge on any atom is 0.243 e. The van der Waals surface area contributed by atoms with E-state index < -0.39 is 0 Å². The van der Waals surface area contributed by atoms with Crippen LogP contribution in [0.2, 0.25) is 0 Å². The number of carbonyl (C=O) groups excluding carboxylic acids is 1. The van der Waals surface area contributed by atoms with Gasteiger partial charge in [-0.1, -0.05) is 0 Å². The van der Waals surface area contributed by atoms with Crippen LogP contribution in [0.5, 0.6) is 0 Å². The Bertz CT molecular complexity index is 697. The molecule has 172 valence electrons. The Morgan fingerprint density at radius 2 is 1.94 bits per heavy atom. The lowest BCUT2D eigenvalue weighted by Gasteiger charge is -2.34. The first-order valence-corrected chi connectivity index (χ1v) is 11.4. The summed E-state index contributed by atoms with van der Waals surface area (Å²) in [6, 6.07) is 4.18. The number of rotatable bonds is 8. The van der Waals surface area contributed by atoms with Gasteiger partial charge in [0.15, 0.2) is 5.96 Å². The van der Waals surface area contributed by atoms with Gasteiger partial charge in [-0.05, 0) is 43.7 Å². The average Bonchev–Trinajstić information content (AvgIpc) is 3.32. The van der Waals surface area contributed by atoms with Crippen LogP contribution in [0.3, 0.4) is 0 Å². The van der Waals surface area contributed by atoms with Crippen LogP contribution in [0, 0.1) is 11.8 Å². The quantitative estimate of drug-likeness (QED) is 0.500. The van der Waals surface area contributed by atoms with Crippen LogP contribution >= 0.6 is 0 Å². The minimum atomic E-state index is 0.0142. The second kappa shape index (κ2) is 11.9. The molecular weight excluding hydrogens is 392 g/mol. The van der Waals surface area contributed by atoms with Gasteiger partial charge in [-0.25, -0.2) is 4.99 Å². The van der Waals surface area contributed by atoms with Crippen LogP contribution < -0.4 is 10.2 Å². The Balaban J connectivity index is 1.47. The minimum absolute atomic E-state index is 0.0142. The van der Waals surface area contributed by atoms with Crippen LogP contribution in [0.4, 0.5) is 5.69 Å². The van der Waals surface area contributed by atoms with Crippen LogP contribution in [0.1, 0.15) is 25.7 Å². The summed E-state index contributed by atoms with van der Waals surface area (Å²) in [6.07, 6.45) is 8.35. The molecule has 2 aliphatic heterocycles. The van der Waals surface area contributed by atoms with Gasteiger partial charge in [-0.15, -0.1) is 0 Å². The summed E-state index contributed by atoms with van der Waals surface area (Å²) in [7, 11) is 5.61. The lowest BCUT2D eigenvalue weighted by molar-refractivity contribution is -0.127. The monoisotopic (exact) mass is 430 g/mol. The minimum Gasteiger partial charge on any atom is -0.381 e. The molecule has 3 rings (SSSR count). The van der Waals surface area contributed by atoms with Crippen LogP contribution in [-0.4, -0.2) is 93.7 Å². The number of carbonyl (C=O) groups is 1. The first kappa shape index (κ1) is 23.3. The number of pyridine rings is 1. The van der Waals surface area contributed by atoms with E-state index in [0.29, 0.717) is 11.8 Å². The molecule has 31 heavy (non-hydrogen) atoms. The highest BCUT2D eigenvalue weighted by Gasteiger charge is 2.21. The fourth-order valence-corrected chi connectivity index (χ4v) is 4.09. The van der Waals surface area contributed by atoms with Gasteiger partial charge in [0.1, 0.15) is 6.54 Å². The van der Waals surface area contributed by atoms with Gasteiger partial charge < -0.3 is 24.8 Å². The van der Waals surface area contributed by atoms with Crippen molar-refractivity contribution < 1.29 is 9.53 Å². The number of aromatic nitrogens is 1. The molecule has 0 aromatic carbocycles. The molecule has 0 aliphatic carbocycles. The Morgan fingerprint density at radius 3 is 2.58 bits per heavy atom. The highest BCUT2D eigenvalue weighted by Crippen LogP contribution is 2.24. The molecule has 0 radical (unpaired) electrons. The number of hydrogen-bond acceptors (Lipinski definition) is 5. The molecule has 2 aliphatic rings. The highest BCUT2D eigenvalue weighted by molar-refractivity contribution is 5.84. The third kappa shape index (κ3) is 7.38. The summed E-state index contributed by atoms with van der Waals surface area (Å²) in [4.78, 5) is 27.0. The zero-order chi connectivity index (χ0) is 22.1. The summed E-state index contributed by atoms with van der Waals surface area (Å²) in [6.45, 7) is 5.77. The van der Waals surface area contributed by atoms with Crippen molar-refractivity contribution in [1.82, 2.24) is 20.1 Å². The predicted molar refractivity (Wildman–Crippen MR) is 124 cm³/mol. The number of guanidine groups is 1. The molecule has 0 bridgehead atoms. The van der Waals surface area contributed by atoms with Gasteiger partial charge >= 0.3 is 0 Å². The number of nitrogens with one attached hydrogen (secondary N) is 1. The van der Waals surface area contributed by atoms with Crippen LogP contribution in [0.25, 0.3) is 0 Å². The summed E-state index contributed by atoms with van der Waals surface area (Å²) in [5, 5.41) is 3.48. The lowest BCUT2D eigenvalue weighted by atomic mass is 9.93. The van der Waals surface area contributed by atoms with Gasteiger partial charge in [0.05, 0.1) is 6.61 Å². The molecule has 1 aromatic heterocycles. The van der Waals surface area contributed by atoms with Crippen molar-refractivity contribution in [1.29, 1.82) is 0 Å². The molecule has 2 saturated heterocycles. The van der Waals surface area contributed by atoms with E-state index in [4.69, 9.17) is 4.74 Å². The van der Waals surface area contributed by atoms with E-state index in [1.807, 2.05) is 12.4 Å². The summed E-state index contributed by atoms with van der Waals surface area (Å²) in [5.74, 6) is 2.06. The molecular formula is C23H38N6O2. The third-order valence-corrected chi connectivity index (χ3v) is 6.31. The number of anilines is 1. The number of piperidine rings is 1. The van der Waals surface area contributed by atoms with E-state index in [9.17, 15) is 4.79 Å². The highest BCUT2D eigenvalue weighted by atomic mass is 16.5. The Hall–Kier alpha value is -2.35. The normalized spacial score (nSPS) is 20.0. The van der Waals surface area contributed by atoms with Crippen LogP contribution in [-0.2, 0) is 9.53 Å². The van der Waals surface area contributed by atoms with Gasteiger partial charge in [-0.2, -0.15) is 0 Å². The SMILES string of the molecule is CN(C)C(=O)CN=C(NCC1CCOC1)N(C)CCC1CCN(c2ccncc2)CC1. The summed E-state index contributed by atoms with van der Waals surface area (Å²) in [5.41, 5.74) is 1.27. The average molecular weight is 431 g/mol. The van der Waals surface area contributed by atoms with Crippen molar-refractivity contribution in [2.75, 3.05) is 72.0 Å². The van der Waals surface area contributed by atoms with E-state index in [1.165, 1.54) is 18.5 Å². The summed E-state index contributed by atoms with van der Waals surface area (Å²) < 4.78 is 5.49.